The van der Waals surface area contributed by atoms with E-state index in [-0.39, 0.29) is 0 Å². The van der Waals surface area contributed by atoms with Gasteiger partial charge in [-0.3, -0.25) is 4.98 Å². The van der Waals surface area contributed by atoms with Gasteiger partial charge in [-0.05, 0) is 38.6 Å². The largest absolute Gasteiger partial charge is 0.493 e. The number of methoxy groups -OCH3 is 2. The van der Waals surface area contributed by atoms with E-state index in [1.54, 1.807) is 26.0 Å². The van der Waals surface area contributed by atoms with Crippen LogP contribution in [0.4, 0.5) is 0 Å². The van der Waals surface area contributed by atoms with Gasteiger partial charge in [0.25, 0.3) is 0 Å². The highest BCUT2D eigenvalue weighted by Gasteiger charge is 2.10. The van der Waals surface area contributed by atoms with Crippen molar-refractivity contribution >= 4 is 0 Å². The minimum atomic E-state index is 0.702. The first kappa shape index (κ1) is 14.9. The van der Waals surface area contributed by atoms with E-state index in [0.29, 0.717) is 6.54 Å². The fraction of sp³-hybridized carbons (Fsp3) is 0.562. The molecule has 4 nitrogen and oxygen atoms in total. The molecule has 1 aromatic rings. The first-order valence-corrected chi connectivity index (χ1v) is 7.29. The second kappa shape index (κ2) is 7.90. The van der Waals surface area contributed by atoms with Gasteiger partial charge in [-0.25, -0.2) is 0 Å². The number of nitrogens with one attached hydrogen (secondary N) is 1. The highest BCUT2D eigenvalue weighted by molar-refractivity contribution is 5.42. The third-order valence-electron chi connectivity index (χ3n) is 3.67. The van der Waals surface area contributed by atoms with Gasteiger partial charge in [-0.15, -0.1) is 0 Å². The number of pyridine rings is 1. The third kappa shape index (κ3) is 3.97. The van der Waals surface area contributed by atoms with Crippen molar-refractivity contribution in [3.63, 3.8) is 0 Å². The second-order valence-corrected chi connectivity index (χ2v) is 5.03. The van der Waals surface area contributed by atoms with Gasteiger partial charge in [-0.2, -0.15) is 0 Å². The highest BCUT2D eigenvalue weighted by atomic mass is 16.5. The maximum atomic E-state index is 5.38. The summed E-state index contributed by atoms with van der Waals surface area (Å²) in [5.74, 6) is 1.45. The van der Waals surface area contributed by atoms with Crippen LogP contribution in [-0.4, -0.2) is 25.7 Å². The lowest BCUT2D eigenvalue weighted by Crippen LogP contribution is -2.17. The van der Waals surface area contributed by atoms with Gasteiger partial charge in [0.15, 0.2) is 11.5 Å². The van der Waals surface area contributed by atoms with Crippen LogP contribution in [0.25, 0.3) is 0 Å². The van der Waals surface area contributed by atoms with E-state index in [0.717, 1.165) is 30.2 Å². The first-order chi connectivity index (χ1) is 9.85. The summed E-state index contributed by atoms with van der Waals surface area (Å²) in [7, 11) is 3.29. The topological polar surface area (TPSA) is 43.4 Å². The quantitative estimate of drug-likeness (QED) is 0.614. The molecule has 1 N–H and O–H groups in total. The lowest BCUT2D eigenvalue weighted by molar-refractivity contribution is 0.348. The zero-order chi connectivity index (χ0) is 14.2. The van der Waals surface area contributed by atoms with E-state index in [1.165, 1.54) is 25.7 Å². The van der Waals surface area contributed by atoms with Crippen LogP contribution >= 0.6 is 0 Å². The van der Waals surface area contributed by atoms with Crippen molar-refractivity contribution in [2.45, 2.75) is 38.6 Å². The molecule has 0 radical (unpaired) electrons. The number of ether oxygens (including phenoxy) is 2. The van der Waals surface area contributed by atoms with E-state index >= 15 is 0 Å². The summed E-state index contributed by atoms with van der Waals surface area (Å²) >= 11 is 0. The molecule has 20 heavy (non-hydrogen) atoms. The molecule has 0 unspecified atom stereocenters. The van der Waals surface area contributed by atoms with E-state index < -0.39 is 0 Å². The van der Waals surface area contributed by atoms with Crippen molar-refractivity contribution in [3.05, 3.63) is 29.6 Å². The molecule has 0 aliphatic heterocycles. The van der Waals surface area contributed by atoms with Gasteiger partial charge >= 0.3 is 0 Å². The van der Waals surface area contributed by atoms with Gasteiger partial charge in [-0.1, -0.05) is 11.6 Å². The van der Waals surface area contributed by atoms with Crippen LogP contribution in [0.3, 0.4) is 0 Å². The van der Waals surface area contributed by atoms with Gasteiger partial charge in [0.05, 0.1) is 19.9 Å². The maximum Gasteiger partial charge on any atom is 0.183 e. The zero-order valence-electron chi connectivity index (χ0n) is 12.4. The number of hydrogen-bond acceptors (Lipinski definition) is 4. The Bertz CT molecular complexity index is 458. The average Bonchev–Trinajstić information content (AvgIpc) is 2.52. The first-order valence-electron chi connectivity index (χ1n) is 7.29. The van der Waals surface area contributed by atoms with Gasteiger partial charge in [0, 0.05) is 18.8 Å². The molecule has 0 aromatic carbocycles. The van der Waals surface area contributed by atoms with Crippen molar-refractivity contribution in [2.75, 3.05) is 20.8 Å². The fourth-order valence-corrected chi connectivity index (χ4v) is 2.56. The highest BCUT2D eigenvalue weighted by Crippen LogP contribution is 2.28. The summed E-state index contributed by atoms with van der Waals surface area (Å²) in [5.41, 5.74) is 2.48. The SMILES string of the molecule is COc1ccnc(CNCCC2=CCCCC2)c1OC. The lowest BCUT2D eigenvalue weighted by Gasteiger charge is -2.14. The van der Waals surface area contributed by atoms with Crippen molar-refractivity contribution in [1.82, 2.24) is 10.3 Å². The number of allylic oxidation sites excluding steroid dienone is 1. The van der Waals surface area contributed by atoms with Crippen LogP contribution in [0.15, 0.2) is 23.9 Å². The second-order valence-electron chi connectivity index (χ2n) is 5.03. The number of aromatic nitrogens is 1. The van der Waals surface area contributed by atoms with Crippen molar-refractivity contribution in [3.8, 4) is 11.5 Å². The number of nitrogens with zero attached hydrogens (tertiary/aromatic N) is 1. The molecule has 2 rings (SSSR count). The molecule has 1 aliphatic carbocycles. The number of rotatable bonds is 7. The smallest absolute Gasteiger partial charge is 0.183 e. The Morgan fingerprint density at radius 2 is 2.15 bits per heavy atom. The van der Waals surface area contributed by atoms with Crippen LogP contribution in [-0.2, 0) is 6.54 Å². The van der Waals surface area contributed by atoms with E-state index in [2.05, 4.69) is 16.4 Å². The molecular weight excluding hydrogens is 252 g/mol. The predicted octanol–water partition coefficient (Wildman–Crippen LogP) is 3.08. The Morgan fingerprint density at radius 1 is 1.25 bits per heavy atom. The number of hydrogen-bond donors (Lipinski definition) is 1. The Hall–Kier alpha value is -1.55. The summed E-state index contributed by atoms with van der Waals surface area (Å²) in [6.45, 7) is 1.68. The zero-order valence-corrected chi connectivity index (χ0v) is 12.4. The van der Waals surface area contributed by atoms with Gasteiger partial charge < -0.3 is 14.8 Å². The third-order valence-corrected chi connectivity index (χ3v) is 3.67. The van der Waals surface area contributed by atoms with Gasteiger partial charge in [0.2, 0.25) is 0 Å². The Labute approximate surface area is 121 Å². The molecule has 110 valence electrons. The molecule has 1 heterocycles. The average molecular weight is 276 g/mol. The van der Waals surface area contributed by atoms with Crippen LogP contribution in [0.2, 0.25) is 0 Å². The molecule has 0 fully saturated rings. The normalized spacial score (nSPS) is 14.8. The summed E-state index contributed by atoms with van der Waals surface area (Å²) in [5, 5.41) is 3.44. The molecule has 0 saturated heterocycles. The van der Waals surface area contributed by atoms with E-state index in [9.17, 15) is 0 Å². The molecule has 0 spiro atoms. The van der Waals surface area contributed by atoms with Crippen LogP contribution < -0.4 is 14.8 Å². The minimum absolute atomic E-state index is 0.702. The standard InChI is InChI=1S/C16H24N2O2/c1-19-15-9-11-18-14(16(15)20-2)12-17-10-8-13-6-4-3-5-7-13/h6,9,11,17H,3-5,7-8,10,12H2,1-2H3. The Kier molecular flexibility index (Phi) is 5.87. The Morgan fingerprint density at radius 3 is 2.85 bits per heavy atom. The molecule has 0 saturated carbocycles. The Balaban J connectivity index is 1.83. The summed E-state index contributed by atoms with van der Waals surface area (Å²) in [4.78, 5) is 4.36. The van der Waals surface area contributed by atoms with Crippen LogP contribution in [0.1, 0.15) is 37.8 Å². The monoisotopic (exact) mass is 276 g/mol. The maximum absolute atomic E-state index is 5.38. The minimum Gasteiger partial charge on any atom is -0.493 e. The summed E-state index contributed by atoms with van der Waals surface area (Å²) in [6, 6.07) is 1.81. The van der Waals surface area contributed by atoms with Crippen molar-refractivity contribution in [2.24, 2.45) is 0 Å². The summed E-state index contributed by atoms with van der Waals surface area (Å²) in [6.07, 6.45) is 10.5. The molecule has 1 aliphatic rings. The lowest BCUT2D eigenvalue weighted by atomic mass is 9.97. The molecule has 0 atom stereocenters. The molecule has 1 aromatic heterocycles. The van der Waals surface area contributed by atoms with Crippen molar-refractivity contribution in [1.29, 1.82) is 0 Å². The summed E-state index contributed by atoms with van der Waals surface area (Å²) < 4.78 is 10.7. The van der Waals surface area contributed by atoms with Crippen molar-refractivity contribution < 1.29 is 9.47 Å². The van der Waals surface area contributed by atoms with Gasteiger partial charge in [0.1, 0.15) is 0 Å². The van der Waals surface area contributed by atoms with Crippen LogP contribution in [0, 0.1) is 0 Å². The van der Waals surface area contributed by atoms with E-state index in [1.807, 2.05) is 6.07 Å². The molecule has 4 heteroatoms. The van der Waals surface area contributed by atoms with E-state index in [4.69, 9.17) is 9.47 Å². The van der Waals surface area contributed by atoms with Crippen LogP contribution in [0.5, 0.6) is 11.5 Å². The molecule has 0 bridgehead atoms. The predicted molar refractivity (Wildman–Crippen MR) is 80.2 cm³/mol. The molecule has 0 amide bonds. The molecular formula is C16H24N2O2. The fourth-order valence-electron chi connectivity index (χ4n) is 2.56.